The van der Waals surface area contributed by atoms with E-state index in [2.05, 4.69) is 22.9 Å². The fourth-order valence-electron chi connectivity index (χ4n) is 1.74. The largest absolute Gasteiger partial charge is 0.392 e. The lowest BCUT2D eigenvalue weighted by Crippen LogP contribution is -2.28. The molecule has 0 atom stereocenters. The standard InChI is InChI=1S/C12H15ClN2O/c1-9-2-4-15(5-3-9)12-6-10(8-16)11(13)7-14-12/h2,6-7,16H,3-5,8H2,1H3. The SMILES string of the molecule is CC1=CCN(c2cc(CO)c(Cl)cn2)CC1. The van der Waals surface area contributed by atoms with Crippen LogP contribution < -0.4 is 4.90 Å². The lowest BCUT2D eigenvalue weighted by molar-refractivity contribution is 0.282. The molecule has 0 saturated heterocycles. The summed E-state index contributed by atoms with van der Waals surface area (Å²) in [4.78, 5) is 6.47. The summed E-state index contributed by atoms with van der Waals surface area (Å²) in [6.45, 7) is 3.95. The van der Waals surface area contributed by atoms with Crippen molar-refractivity contribution < 1.29 is 5.11 Å². The van der Waals surface area contributed by atoms with Gasteiger partial charge in [-0.1, -0.05) is 23.3 Å². The monoisotopic (exact) mass is 238 g/mol. The van der Waals surface area contributed by atoms with Crippen molar-refractivity contribution in [2.24, 2.45) is 0 Å². The zero-order valence-corrected chi connectivity index (χ0v) is 10.0. The lowest BCUT2D eigenvalue weighted by atomic mass is 10.1. The van der Waals surface area contributed by atoms with Crippen LogP contribution in [0.2, 0.25) is 5.02 Å². The van der Waals surface area contributed by atoms with Gasteiger partial charge in [-0.15, -0.1) is 0 Å². The van der Waals surface area contributed by atoms with Gasteiger partial charge in [0.15, 0.2) is 0 Å². The van der Waals surface area contributed by atoms with E-state index >= 15 is 0 Å². The van der Waals surface area contributed by atoms with Gasteiger partial charge >= 0.3 is 0 Å². The molecule has 4 heteroatoms. The molecule has 3 nitrogen and oxygen atoms in total. The zero-order valence-electron chi connectivity index (χ0n) is 9.28. The fourth-order valence-corrected chi connectivity index (χ4v) is 1.90. The fraction of sp³-hybridized carbons (Fsp3) is 0.417. The highest BCUT2D eigenvalue weighted by atomic mass is 35.5. The van der Waals surface area contributed by atoms with E-state index in [-0.39, 0.29) is 6.61 Å². The Bertz CT molecular complexity index is 417. The Balaban J connectivity index is 2.21. The third-order valence-electron chi connectivity index (χ3n) is 2.85. The minimum Gasteiger partial charge on any atom is -0.392 e. The van der Waals surface area contributed by atoms with Crippen molar-refractivity contribution in [1.29, 1.82) is 0 Å². The number of nitrogens with zero attached hydrogens (tertiary/aromatic N) is 2. The van der Waals surface area contributed by atoms with Crippen LogP contribution in [0, 0.1) is 0 Å². The number of aliphatic hydroxyl groups is 1. The summed E-state index contributed by atoms with van der Waals surface area (Å²) in [6.07, 6.45) is 4.88. The van der Waals surface area contributed by atoms with Crippen molar-refractivity contribution >= 4 is 17.4 Å². The molecule has 1 aliphatic rings. The number of hydrogen-bond acceptors (Lipinski definition) is 3. The molecule has 1 aromatic rings. The number of hydrogen-bond donors (Lipinski definition) is 1. The number of pyridine rings is 1. The predicted octanol–water partition coefficient (Wildman–Crippen LogP) is 2.38. The van der Waals surface area contributed by atoms with Crippen molar-refractivity contribution in [2.45, 2.75) is 20.0 Å². The van der Waals surface area contributed by atoms with Gasteiger partial charge in [0, 0.05) is 24.8 Å². The van der Waals surface area contributed by atoms with Crippen LogP contribution in [0.15, 0.2) is 23.9 Å². The van der Waals surface area contributed by atoms with Crippen LogP contribution in [0.25, 0.3) is 0 Å². The zero-order chi connectivity index (χ0) is 11.5. The van der Waals surface area contributed by atoms with E-state index in [4.69, 9.17) is 16.7 Å². The number of aliphatic hydroxyl groups excluding tert-OH is 1. The predicted molar refractivity (Wildman–Crippen MR) is 65.8 cm³/mol. The van der Waals surface area contributed by atoms with Gasteiger partial charge in [-0.2, -0.15) is 0 Å². The second-order valence-electron chi connectivity index (χ2n) is 4.04. The van der Waals surface area contributed by atoms with Crippen molar-refractivity contribution in [1.82, 2.24) is 4.98 Å². The second kappa shape index (κ2) is 4.85. The number of aromatic nitrogens is 1. The Hall–Kier alpha value is -1.06. The highest BCUT2D eigenvalue weighted by molar-refractivity contribution is 6.31. The molecular formula is C12H15ClN2O. The van der Waals surface area contributed by atoms with E-state index in [1.165, 1.54) is 5.57 Å². The molecule has 2 heterocycles. The Morgan fingerprint density at radius 1 is 1.56 bits per heavy atom. The molecule has 0 radical (unpaired) electrons. The summed E-state index contributed by atoms with van der Waals surface area (Å²) in [5, 5.41) is 9.66. The van der Waals surface area contributed by atoms with E-state index in [1.807, 2.05) is 6.07 Å². The quantitative estimate of drug-likeness (QED) is 0.804. The van der Waals surface area contributed by atoms with Gasteiger partial charge in [0.25, 0.3) is 0 Å². The maximum Gasteiger partial charge on any atom is 0.129 e. The first-order chi connectivity index (χ1) is 7.70. The van der Waals surface area contributed by atoms with Gasteiger partial charge in [-0.05, 0) is 19.4 Å². The Labute approximate surface area is 100 Å². The molecular weight excluding hydrogens is 224 g/mol. The number of anilines is 1. The second-order valence-corrected chi connectivity index (χ2v) is 4.45. The Kier molecular flexibility index (Phi) is 3.46. The third kappa shape index (κ3) is 2.36. The number of rotatable bonds is 2. The van der Waals surface area contributed by atoms with Crippen LogP contribution in [-0.2, 0) is 6.61 Å². The number of halogens is 1. The van der Waals surface area contributed by atoms with Crippen LogP contribution >= 0.6 is 11.6 Å². The molecule has 0 fully saturated rings. The average molecular weight is 239 g/mol. The van der Waals surface area contributed by atoms with Gasteiger partial charge in [0.2, 0.25) is 0 Å². The lowest BCUT2D eigenvalue weighted by Gasteiger charge is -2.26. The van der Waals surface area contributed by atoms with E-state index in [1.54, 1.807) is 6.20 Å². The molecule has 1 N–H and O–H groups in total. The van der Waals surface area contributed by atoms with Crippen LogP contribution in [0.3, 0.4) is 0 Å². The minimum absolute atomic E-state index is 0.0446. The molecule has 0 aliphatic carbocycles. The molecule has 0 spiro atoms. The van der Waals surface area contributed by atoms with E-state index in [0.717, 1.165) is 30.9 Å². The van der Waals surface area contributed by atoms with E-state index < -0.39 is 0 Å². The van der Waals surface area contributed by atoms with Crippen LogP contribution in [0.1, 0.15) is 18.9 Å². The topological polar surface area (TPSA) is 36.4 Å². The first-order valence-corrected chi connectivity index (χ1v) is 5.74. The summed E-state index contributed by atoms with van der Waals surface area (Å²) in [6, 6.07) is 1.86. The molecule has 0 bridgehead atoms. The molecule has 0 unspecified atom stereocenters. The van der Waals surface area contributed by atoms with Crippen LogP contribution in [0.4, 0.5) is 5.82 Å². The molecule has 0 saturated carbocycles. The third-order valence-corrected chi connectivity index (χ3v) is 3.19. The van der Waals surface area contributed by atoms with Gasteiger partial charge in [-0.3, -0.25) is 0 Å². The van der Waals surface area contributed by atoms with Crippen molar-refractivity contribution in [3.05, 3.63) is 34.5 Å². The molecule has 1 aromatic heterocycles. The summed E-state index contributed by atoms with van der Waals surface area (Å²) in [7, 11) is 0. The maximum absolute atomic E-state index is 9.14. The summed E-state index contributed by atoms with van der Waals surface area (Å²) < 4.78 is 0. The van der Waals surface area contributed by atoms with Crippen molar-refractivity contribution in [3.8, 4) is 0 Å². The van der Waals surface area contributed by atoms with E-state index in [0.29, 0.717) is 5.02 Å². The summed E-state index contributed by atoms with van der Waals surface area (Å²) in [5.74, 6) is 0.886. The molecule has 2 rings (SSSR count). The van der Waals surface area contributed by atoms with Gasteiger partial charge < -0.3 is 10.0 Å². The van der Waals surface area contributed by atoms with Crippen LogP contribution in [-0.4, -0.2) is 23.2 Å². The Morgan fingerprint density at radius 3 is 3.00 bits per heavy atom. The highest BCUT2D eigenvalue weighted by Gasteiger charge is 2.12. The molecule has 86 valence electrons. The molecule has 0 aromatic carbocycles. The van der Waals surface area contributed by atoms with Crippen molar-refractivity contribution in [3.63, 3.8) is 0 Å². The minimum atomic E-state index is -0.0446. The smallest absolute Gasteiger partial charge is 0.129 e. The first-order valence-electron chi connectivity index (χ1n) is 5.36. The average Bonchev–Trinajstić information content (AvgIpc) is 2.31. The van der Waals surface area contributed by atoms with Crippen molar-refractivity contribution in [2.75, 3.05) is 18.0 Å². The summed E-state index contributed by atoms with van der Waals surface area (Å²) >= 11 is 5.91. The summed E-state index contributed by atoms with van der Waals surface area (Å²) in [5.41, 5.74) is 2.16. The van der Waals surface area contributed by atoms with E-state index in [9.17, 15) is 0 Å². The highest BCUT2D eigenvalue weighted by Crippen LogP contribution is 2.22. The molecule has 16 heavy (non-hydrogen) atoms. The molecule has 0 amide bonds. The van der Waals surface area contributed by atoms with Gasteiger partial charge in [0.05, 0.1) is 11.6 Å². The maximum atomic E-state index is 9.14. The van der Waals surface area contributed by atoms with Gasteiger partial charge in [-0.25, -0.2) is 4.98 Å². The normalized spacial score (nSPS) is 16.2. The first kappa shape index (κ1) is 11.4. The molecule has 1 aliphatic heterocycles. The van der Waals surface area contributed by atoms with Crippen LogP contribution in [0.5, 0.6) is 0 Å². The van der Waals surface area contributed by atoms with Gasteiger partial charge in [0.1, 0.15) is 5.82 Å². The Morgan fingerprint density at radius 2 is 2.38 bits per heavy atom.